The summed E-state index contributed by atoms with van der Waals surface area (Å²) in [5.74, 6) is 0.0578. The van der Waals surface area contributed by atoms with Crippen LogP contribution in [-0.2, 0) is 16.8 Å². The first-order valence-electron chi connectivity index (χ1n) is 6.65. The lowest BCUT2D eigenvalue weighted by Gasteiger charge is -2.17. The van der Waals surface area contributed by atoms with Crippen LogP contribution in [0, 0.1) is 0 Å². The van der Waals surface area contributed by atoms with Crippen molar-refractivity contribution < 1.29 is 4.79 Å². The highest BCUT2D eigenvalue weighted by Gasteiger charge is 2.52. The molecule has 1 fully saturated rings. The molecule has 1 saturated carbocycles. The van der Waals surface area contributed by atoms with Crippen LogP contribution in [0.5, 0.6) is 0 Å². The zero-order valence-corrected chi connectivity index (χ0v) is 11.7. The average Bonchev–Trinajstić information content (AvgIpc) is 3.28. The number of amides is 1. The second kappa shape index (κ2) is 5.25. The molecule has 3 rings (SSSR count). The van der Waals surface area contributed by atoms with Gasteiger partial charge in [0.2, 0.25) is 5.91 Å². The number of carbonyl (C=O) groups is 1. The lowest BCUT2D eigenvalue weighted by Crippen LogP contribution is -2.34. The summed E-state index contributed by atoms with van der Waals surface area (Å²) >= 11 is 6.22. The number of aromatic nitrogens is 1. The Balaban J connectivity index is 1.73. The van der Waals surface area contributed by atoms with Crippen molar-refractivity contribution in [1.29, 1.82) is 0 Å². The standard InChI is InChI=1S/C16H15ClN2O/c17-14-4-2-1-3-13(14)16(7-8-16)15(20)19-11-12-5-9-18-10-6-12/h1-6,9-10H,7-8,11H2,(H,19,20). The molecule has 102 valence electrons. The normalized spacial score (nSPS) is 15.7. The van der Waals surface area contributed by atoms with Crippen molar-refractivity contribution in [2.24, 2.45) is 0 Å². The number of rotatable bonds is 4. The molecule has 1 aliphatic rings. The quantitative estimate of drug-likeness (QED) is 0.938. The molecule has 0 spiro atoms. The minimum atomic E-state index is -0.425. The zero-order chi connectivity index (χ0) is 14.0. The first-order chi connectivity index (χ1) is 9.72. The predicted molar refractivity (Wildman–Crippen MR) is 78.4 cm³/mol. The van der Waals surface area contributed by atoms with Crippen LogP contribution >= 0.6 is 11.6 Å². The van der Waals surface area contributed by atoms with E-state index in [1.54, 1.807) is 12.4 Å². The molecule has 0 unspecified atom stereocenters. The summed E-state index contributed by atoms with van der Waals surface area (Å²) in [6.45, 7) is 0.521. The summed E-state index contributed by atoms with van der Waals surface area (Å²) in [5.41, 5.74) is 1.56. The molecule has 1 aliphatic carbocycles. The summed E-state index contributed by atoms with van der Waals surface area (Å²) in [4.78, 5) is 16.4. The van der Waals surface area contributed by atoms with Gasteiger partial charge in [0.05, 0.1) is 5.41 Å². The van der Waals surface area contributed by atoms with Crippen LogP contribution in [-0.4, -0.2) is 10.9 Å². The number of nitrogens with one attached hydrogen (secondary N) is 1. The fraction of sp³-hybridized carbons (Fsp3) is 0.250. The van der Waals surface area contributed by atoms with Gasteiger partial charge in [-0.3, -0.25) is 9.78 Å². The summed E-state index contributed by atoms with van der Waals surface area (Å²) in [6, 6.07) is 11.4. The smallest absolute Gasteiger partial charge is 0.230 e. The van der Waals surface area contributed by atoms with Crippen LogP contribution in [0.3, 0.4) is 0 Å². The largest absolute Gasteiger partial charge is 0.351 e. The first kappa shape index (κ1) is 13.1. The lowest BCUT2D eigenvalue weighted by atomic mass is 9.95. The Morgan fingerprint density at radius 1 is 1.20 bits per heavy atom. The first-order valence-corrected chi connectivity index (χ1v) is 7.02. The van der Waals surface area contributed by atoms with E-state index in [9.17, 15) is 4.79 Å². The molecule has 1 heterocycles. The molecular formula is C16H15ClN2O. The maximum Gasteiger partial charge on any atom is 0.230 e. The van der Waals surface area contributed by atoms with Crippen molar-refractivity contribution in [1.82, 2.24) is 10.3 Å². The summed E-state index contributed by atoms with van der Waals surface area (Å²) < 4.78 is 0. The Morgan fingerprint density at radius 2 is 1.90 bits per heavy atom. The Kier molecular flexibility index (Phi) is 3.45. The number of pyridine rings is 1. The molecule has 0 radical (unpaired) electrons. The molecule has 1 N–H and O–H groups in total. The topological polar surface area (TPSA) is 42.0 Å². The van der Waals surface area contributed by atoms with Crippen LogP contribution in [0.25, 0.3) is 0 Å². The minimum Gasteiger partial charge on any atom is -0.351 e. The third-order valence-corrected chi connectivity index (χ3v) is 4.11. The van der Waals surface area contributed by atoms with E-state index in [-0.39, 0.29) is 5.91 Å². The lowest BCUT2D eigenvalue weighted by molar-refractivity contribution is -0.123. The molecule has 1 aromatic carbocycles. The van der Waals surface area contributed by atoms with Gasteiger partial charge in [-0.1, -0.05) is 29.8 Å². The van der Waals surface area contributed by atoms with Crippen LogP contribution in [0.4, 0.5) is 0 Å². The number of halogens is 1. The molecule has 0 atom stereocenters. The van der Waals surface area contributed by atoms with E-state index in [1.807, 2.05) is 36.4 Å². The molecule has 0 bridgehead atoms. The van der Waals surface area contributed by atoms with Crippen molar-refractivity contribution in [3.63, 3.8) is 0 Å². The minimum absolute atomic E-state index is 0.0578. The van der Waals surface area contributed by atoms with E-state index in [0.29, 0.717) is 11.6 Å². The molecule has 3 nitrogen and oxygen atoms in total. The number of hydrogen-bond donors (Lipinski definition) is 1. The fourth-order valence-electron chi connectivity index (χ4n) is 2.45. The summed E-state index contributed by atoms with van der Waals surface area (Å²) in [5, 5.41) is 3.67. The zero-order valence-electron chi connectivity index (χ0n) is 11.0. The third kappa shape index (κ3) is 2.41. The molecule has 2 aromatic rings. The maximum absolute atomic E-state index is 12.5. The molecule has 20 heavy (non-hydrogen) atoms. The Labute approximate surface area is 123 Å². The summed E-state index contributed by atoms with van der Waals surface area (Å²) in [7, 11) is 0. The van der Waals surface area contributed by atoms with Crippen molar-refractivity contribution >= 4 is 17.5 Å². The van der Waals surface area contributed by atoms with Crippen molar-refractivity contribution in [2.75, 3.05) is 0 Å². The number of nitrogens with zero attached hydrogens (tertiary/aromatic N) is 1. The Hall–Kier alpha value is -1.87. The SMILES string of the molecule is O=C(NCc1ccncc1)C1(c2ccccc2Cl)CC1. The third-order valence-electron chi connectivity index (χ3n) is 3.78. The van der Waals surface area contributed by atoms with E-state index in [2.05, 4.69) is 10.3 Å². The van der Waals surface area contributed by atoms with Gasteiger partial charge in [-0.05, 0) is 42.2 Å². The van der Waals surface area contributed by atoms with Gasteiger partial charge in [0.15, 0.2) is 0 Å². The average molecular weight is 287 g/mol. The van der Waals surface area contributed by atoms with Crippen LogP contribution in [0.15, 0.2) is 48.8 Å². The van der Waals surface area contributed by atoms with E-state index >= 15 is 0 Å². The van der Waals surface area contributed by atoms with E-state index in [0.717, 1.165) is 24.0 Å². The molecule has 0 saturated heterocycles. The van der Waals surface area contributed by atoms with Crippen LogP contribution in [0.1, 0.15) is 24.0 Å². The van der Waals surface area contributed by atoms with Crippen LogP contribution in [0.2, 0.25) is 5.02 Å². The second-order valence-corrected chi connectivity index (χ2v) is 5.51. The molecule has 4 heteroatoms. The predicted octanol–water partition coefficient (Wildman–Crippen LogP) is 3.08. The van der Waals surface area contributed by atoms with E-state index < -0.39 is 5.41 Å². The second-order valence-electron chi connectivity index (χ2n) is 5.10. The molecular weight excluding hydrogens is 272 g/mol. The van der Waals surface area contributed by atoms with Gasteiger partial charge in [-0.2, -0.15) is 0 Å². The Morgan fingerprint density at radius 3 is 2.55 bits per heavy atom. The highest BCUT2D eigenvalue weighted by atomic mass is 35.5. The van der Waals surface area contributed by atoms with Gasteiger partial charge in [-0.15, -0.1) is 0 Å². The number of benzene rings is 1. The van der Waals surface area contributed by atoms with Crippen molar-refractivity contribution in [3.05, 3.63) is 64.9 Å². The summed E-state index contributed by atoms with van der Waals surface area (Å²) in [6.07, 6.45) is 5.17. The monoisotopic (exact) mass is 286 g/mol. The number of hydrogen-bond acceptors (Lipinski definition) is 2. The fourth-order valence-corrected chi connectivity index (χ4v) is 2.76. The van der Waals surface area contributed by atoms with Gasteiger partial charge in [-0.25, -0.2) is 0 Å². The highest BCUT2D eigenvalue weighted by molar-refractivity contribution is 6.31. The van der Waals surface area contributed by atoms with Crippen molar-refractivity contribution in [2.45, 2.75) is 24.8 Å². The van der Waals surface area contributed by atoms with E-state index in [4.69, 9.17) is 11.6 Å². The highest BCUT2D eigenvalue weighted by Crippen LogP contribution is 2.50. The molecule has 1 aromatic heterocycles. The molecule has 0 aliphatic heterocycles. The van der Waals surface area contributed by atoms with Gasteiger partial charge < -0.3 is 5.32 Å². The van der Waals surface area contributed by atoms with Gasteiger partial charge in [0.1, 0.15) is 0 Å². The van der Waals surface area contributed by atoms with E-state index in [1.165, 1.54) is 0 Å². The Bertz CT molecular complexity index is 623. The van der Waals surface area contributed by atoms with Gasteiger partial charge >= 0.3 is 0 Å². The molecule has 1 amide bonds. The van der Waals surface area contributed by atoms with Gasteiger partial charge in [0, 0.05) is 24.0 Å². The van der Waals surface area contributed by atoms with Crippen LogP contribution < -0.4 is 5.32 Å². The maximum atomic E-state index is 12.5. The van der Waals surface area contributed by atoms with Gasteiger partial charge in [0.25, 0.3) is 0 Å². The number of carbonyl (C=O) groups excluding carboxylic acids is 1. The van der Waals surface area contributed by atoms with Crippen molar-refractivity contribution in [3.8, 4) is 0 Å².